The van der Waals surface area contributed by atoms with Crippen LogP contribution in [0.2, 0.25) is 0 Å². The number of carbonyl (C=O) groups excluding carboxylic acids is 4. The number of carbonyl (C=O) groups is 4. The van der Waals surface area contributed by atoms with E-state index in [1.54, 1.807) is 0 Å². The molecule has 102 heavy (non-hydrogen) atoms. The van der Waals surface area contributed by atoms with Crippen molar-refractivity contribution in [2.24, 2.45) is 23.7 Å². The summed E-state index contributed by atoms with van der Waals surface area (Å²) in [4.78, 5) is 73.1. The van der Waals surface area contributed by atoms with Gasteiger partial charge in [0.25, 0.3) is 0 Å². The average molecular weight is 1490 g/mol. The zero-order valence-corrected chi connectivity index (χ0v) is 69.0. The molecule has 0 aromatic carbocycles. The molecule has 0 spiro atoms. The van der Waals surface area contributed by atoms with Crippen LogP contribution in [-0.4, -0.2) is 96.7 Å². The average Bonchev–Trinajstić information content (AvgIpc) is 0.911. The number of hydrogen-bond acceptors (Lipinski definition) is 15. The molecule has 0 aromatic rings. The fourth-order valence-corrected chi connectivity index (χ4v) is 14.4. The van der Waals surface area contributed by atoms with Gasteiger partial charge >= 0.3 is 39.5 Å². The van der Waals surface area contributed by atoms with Crippen molar-refractivity contribution in [3.8, 4) is 0 Å². The Hall–Kier alpha value is -1.94. The Balaban J connectivity index is 5.23. The van der Waals surface area contributed by atoms with Crippen LogP contribution in [0, 0.1) is 23.7 Å². The maximum Gasteiger partial charge on any atom is 0.472 e. The SMILES string of the molecule is CC(C)CCCCCCCCCCCCCCCCCCC(=O)O[C@H](COC(=O)CCCCCCCCCCCCCCCCC(C)C)COP(=O)(O)OCC(O)COP(=O)(O)OC[C@@H](COC(=O)CCCCCCCCC(C)C)OC(=O)CCCCCCCCCCCCCCCCC(C)C. The Morgan fingerprint density at radius 2 is 0.412 bits per heavy atom. The van der Waals surface area contributed by atoms with Gasteiger partial charge in [0.05, 0.1) is 26.4 Å². The van der Waals surface area contributed by atoms with Gasteiger partial charge in [-0.05, 0) is 49.4 Å². The summed E-state index contributed by atoms with van der Waals surface area (Å²) in [5, 5.41) is 10.7. The highest BCUT2D eigenvalue weighted by atomic mass is 31.2. The molecule has 17 nitrogen and oxygen atoms in total. The lowest BCUT2D eigenvalue weighted by Crippen LogP contribution is -2.30. The van der Waals surface area contributed by atoms with Crippen LogP contribution in [0.5, 0.6) is 0 Å². The van der Waals surface area contributed by atoms with Crippen molar-refractivity contribution in [3.63, 3.8) is 0 Å². The van der Waals surface area contributed by atoms with Gasteiger partial charge in [0.1, 0.15) is 19.3 Å². The van der Waals surface area contributed by atoms with Crippen LogP contribution in [0.4, 0.5) is 0 Å². The summed E-state index contributed by atoms with van der Waals surface area (Å²) in [5.41, 5.74) is 0. The number of hydrogen-bond donors (Lipinski definition) is 3. The summed E-state index contributed by atoms with van der Waals surface area (Å²) >= 11 is 0. The first-order valence-electron chi connectivity index (χ1n) is 42.7. The van der Waals surface area contributed by atoms with E-state index < -0.39 is 97.5 Å². The molecule has 606 valence electrons. The van der Waals surface area contributed by atoms with E-state index in [1.807, 2.05) is 0 Å². The van der Waals surface area contributed by atoms with E-state index in [4.69, 9.17) is 37.0 Å². The molecule has 0 aliphatic heterocycles. The smallest absolute Gasteiger partial charge is 0.462 e. The lowest BCUT2D eigenvalue weighted by molar-refractivity contribution is -0.161. The second-order valence-corrected chi connectivity index (χ2v) is 34.7. The fourth-order valence-electron chi connectivity index (χ4n) is 12.8. The van der Waals surface area contributed by atoms with Crippen LogP contribution in [0.1, 0.15) is 428 Å². The van der Waals surface area contributed by atoms with Crippen molar-refractivity contribution < 1.29 is 80.2 Å². The molecular formula is C83H162O17P2. The number of rotatable bonds is 80. The van der Waals surface area contributed by atoms with Gasteiger partial charge in [-0.1, -0.05) is 376 Å². The molecule has 0 saturated carbocycles. The third kappa shape index (κ3) is 76.3. The van der Waals surface area contributed by atoms with E-state index in [-0.39, 0.29) is 25.7 Å². The van der Waals surface area contributed by atoms with Crippen LogP contribution in [0.15, 0.2) is 0 Å². The highest BCUT2D eigenvalue weighted by Crippen LogP contribution is 2.45. The minimum Gasteiger partial charge on any atom is -0.462 e. The second-order valence-electron chi connectivity index (χ2n) is 31.8. The monoisotopic (exact) mass is 1490 g/mol. The Kier molecular flexibility index (Phi) is 70.6. The van der Waals surface area contributed by atoms with Crippen molar-refractivity contribution in [1.82, 2.24) is 0 Å². The zero-order valence-electron chi connectivity index (χ0n) is 67.2. The number of unbranched alkanes of at least 4 members (excludes halogenated alkanes) is 46. The molecule has 3 N–H and O–H groups in total. The molecule has 0 aliphatic rings. The van der Waals surface area contributed by atoms with E-state index in [0.29, 0.717) is 31.6 Å². The number of esters is 4. The summed E-state index contributed by atoms with van der Waals surface area (Å²) < 4.78 is 68.8. The van der Waals surface area contributed by atoms with Crippen LogP contribution >= 0.6 is 15.6 Å². The molecule has 19 heteroatoms. The quantitative estimate of drug-likeness (QED) is 0.0222. The molecule has 0 bridgehead atoms. The molecule has 5 atom stereocenters. The summed E-state index contributed by atoms with van der Waals surface area (Å²) in [6.07, 6.45) is 59.8. The van der Waals surface area contributed by atoms with E-state index >= 15 is 0 Å². The van der Waals surface area contributed by atoms with Crippen LogP contribution in [-0.2, 0) is 65.4 Å². The van der Waals surface area contributed by atoms with Gasteiger partial charge in [-0.15, -0.1) is 0 Å². The number of aliphatic hydroxyl groups excluding tert-OH is 1. The number of aliphatic hydroxyl groups is 1. The van der Waals surface area contributed by atoms with Crippen LogP contribution in [0.3, 0.4) is 0 Å². The molecule has 0 heterocycles. The maximum atomic E-state index is 13.1. The van der Waals surface area contributed by atoms with Gasteiger partial charge < -0.3 is 33.8 Å². The minimum absolute atomic E-state index is 0.106. The van der Waals surface area contributed by atoms with Crippen LogP contribution in [0.25, 0.3) is 0 Å². The number of ether oxygens (including phenoxy) is 4. The lowest BCUT2D eigenvalue weighted by atomic mass is 10.0. The third-order valence-electron chi connectivity index (χ3n) is 19.3. The standard InChI is InChI=1S/C83H162O17P2/c1-73(2)59-51-43-35-29-23-17-11-9-10-12-21-27-33-39-49-57-65-82(87)99-78(69-93-80(85)63-55-47-38-32-26-20-15-13-18-24-30-36-44-52-60-74(3)4)71-97-101(89,90)95-67-77(84)68-96-102(91,92)98-72-79(70-94-81(86)64-56-48-42-41-46-54-62-76(7)8)100-83(88)66-58-50-40-34-28-22-16-14-19-25-31-37-45-53-61-75(5)6/h73-79,84H,9-72H2,1-8H3,(H,89,90)(H,91,92)/t77?,78-,79-/m1/s1. The van der Waals surface area contributed by atoms with Crippen molar-refractivity contribution in [2.75, 3.05) is 39.6 Å². The van der Waals surface area contributed by atoms with Gasteiger partial charge in [-0.25, -0.2) is 9.13 Å². The molecule has 0 aliphatic carbocycles. The Bertz CT molecular complexity index is 1990. The Morgan fingerprint density at radius 3 is 0.608 bits per heavy atom. The first-order chi connectivity index (χ1) is 49.1. The van der Waals surface area contributed by atoms with Crippen molar-refractivity contribution in [2.45, 2.75) is 446 Å². The predicted octanol–water partition coefficient (Wildman–Crippen LogP) is 24.8. The van der Waals surface area contributed by atoms with E-state index in [9.17, 15) is 43.2 Å². The topological polar surface area (TPSA) is 237 Å². The normalized spacial score (nSPS) is 14.0. The van der Waals surface area contributed by atoms with Crippen molar-refractivity contribution >= 4 is 39.5 Å². The molecule has 0 aromatic heterocycles. The number of phosphoric ester groups is 2. The summed E-state index contributed by atoms with van der Waals surface area (Å²) in [7, 11) is -9.92. The van der Waals surface area contributed by atoms with Gasteiger partial charge in [-0.3, -0.25) is 37.3 Å². The van der Waals surface area contributed by atoms with Gasteiger partial charge in [0, 0.05) is 25.7 Å². The first-order valence-corrected chi connectivity index (χ1v) is 45.7. The van der Waals surface area contributed by atoms with E-state index in [2.05, 4.69) is 55.4 Å². The van der Waals surface area contributed by atoms with Gasteiger partial charge in [0.2, 0.25) is 0 Å². The summed E-state index contributed by atoms with van der Waals surface area (Å²) in [6, 6.07) is 0. The molecule has 0 saturated heterocycles. The predicted molar refractivity (Wildman–Crippen MR) is 418 cm³/mol. The number of phosphoric acid groups is 2. The highest BCUT2D eigenvalue weighted by molar-refractivity contribution is 7.47. The first kappa shape index (κ1) is 100. The third-order valence-corrected chi connectivity index (χ3v) is 21.2. The van der Waals surface area contributed by atoms with E-state index in [1.165, 1.54) is 225 Å². The minimum atomic E-state index is -4.96. The molecule has 3 unspecified atom stereocenters. The maximum absolute atomic E-state index is 13.1. The highest BCUT2D eigenvalue weighted by Gasteiger charge is 2.30. The Labute approximate surface area is 626 Å². The van der Waals surface area contributed by atoms with Crippen molar-refractivity contribution in [1.29, 1.82) is 0 Å². The summed E-state index contributed by atoms with van der Waals surface area (Å²) in [6.45, 7) is 14.3. The van der Waals surface area contributed by atoms with E-state index in [0.717, 1.165) is 114 Å². The second kappa shape index (κ2) is 72.0. The molecular weight excluding hydrogens is 1330 g/mol. The van der Waals surface area contributed by atoms with Gasteiger partial charge in [0.15, 0.2) is 12.2 Å². The fraction of sp³-hybridized carbons (Fsp3) is 0.952. The molecule has 0 radical (unpaired) electrons. The largest absolute Gasteiger partial charge is 0.472 e. The van der Waals surface area contributed by atoms with Crippen molar-refractivity contribution in [3.05, 3.63) is 0 Å². The molecule has 0 amide bonds. The summed E-state index contributed by atoms with van der Waals surface area (Å²) in [5.74, 6) is 0.970. The van der Waals surface area contributed by atoms with Crippen LogP contribution < -0.4 is 0 Å². The molecule has 0 fully saturated rings. The zero-order chi connectivity index (χ0) is 75.3. The van der Waals surface area contributed by atoms with Gasteiger partial charge in [-0.2, -0.15) is 0 Å². The Morgan fingerprint density at radius 1 is 0.245 bits per heavy atom. The lowest BCUT2D eigenvalue weighted by Gasteiger charge is -2.21. The molecule has 0 rings (SSSR count).